The van der Waals surface area contributed by atoms with Crippen LogP contribution < -0.4 is 10.6 Å². The summed E-state index contributed by atoms with van der Waals surface area (Å²) in [6.45, 7) is 1.14. The Hall–Kier alpha value is -1.21. The van der Waals surface area contributed by atoms with Gasteiger partial charge < -0.3 is 15.7 Å². The third-order valence-corrected chi connectivity index (χ3v) is 3.57. The van der Waals surface area contributed by atoms with Gasteiger partial charge in [-0.1, -0.05) is 0 Å². The van der Waals surface area contributed by atoms with Crippen LogP contribution in [0.15, 0.2) is 17.0 Å². The zero-order valence-electron chi connectivity index (χ0n) is 9.84. The van der Waals surface area contributed by atoms with E-state index in [0.29, 0.717) is 13.0 Å². The van der Waals surface area contributed by atoms with Crippen LogP contribution >= 0.6 is 15.9 Å². The number of aromatic nitrogens is 2. The van der Waals surface area contributed by atoms with E-state index in [1.165, 1.54) is 6.33 Å². The Morgan fingerprint density at radius 1 is 1.67 bits per heavy atom. The Morgan fingerprint density at radius 2 is 2.44 bits per heavy atom. The summed E-state index contributed by atoms with van der Waals surface area (Å²) in [6.07, 6.45) is 4.47. The Bertz CT molecular complexity index is 456. The number of amides is 1. The number of carbonyl (C=O) groups excluding carboxylic acids is 1. The standard InChI is InChI=1S/C11H15BrN4O2/c12-8-5-14-7-15-10(8)16-3-1-2-11(18,6-16)4-9(13)17/h5,7,18H,1-4,6H2,(H2,13,17). The molecule has 1 aromatic rings. The highest BCUT2D eigenvalue weighted by molar-refractivity contribution is 9.10. The largest absolute Gasteiger partial charge is 0.388 e. The van der Waals surface area contributed by atoms with Crippen molar-refractivity contribution in [3.05, 3.63) is 17.0 Å². The fraction of sp³-hybridized carbons (Fsp3) is 0.545. The number of hydrogen-bond acceptors (Lipinski definition) is 5. The van der Waals surface area contributed by atoms with Crippen LogP contribution in [0.5, 0.6) is 0 Å². The van der Waals surface area contributed by atoms with E-state index in [-0.39, 0.29) is 6.42 Å². The smallest absolute Gasteiger partial charge is 0.220 e. The molecule has 0 saturated carbocycles. The number of aliphatic hydroxyl groups is 1. The molecule has 6 nitrogen and oxygen atoms in total. The van der Waals surface area contributed by atoms with Crippen LogP contribution in [0.1, 0.15) is 19.3 Å². The summed E-state index contributed by atoms with van der Waals surface area (Å²) < 4.78 is 0.772. The van der Waals surface area contributed by atoms with E-state index in [1.807, 2.05) is 4.90 Å². The van der Waals surface area contributed by atoms with E-state index in [2.05, 4.69) is 25.9 Å². The average molecular weight is 315 g/mol. The van der Waals surface area contributed by atoms with Crippen molar-refractivity contribution < 1.29 is 9.90 Å². The number of anilines is 1. The molecule has 7 heteroatoms. The normalized spacial score (nSPS) is 24.0. The molecule has 98 valence electrons. The van der Waals surface area contributed by atoms with Crippen molar-refractivity contribution in [2.45, 2.75) is 24.9 Å². The van der Waals surface area contributed by atoms with E-state index in [4.69, 9.17) is 5.73 Å². The molecular weight excluding hydrogens is 300 g/mol. The molecule has 1 aliphatic rings. The Kier molecular flexibility index (Phi) is 3.82. The van der Waals surface area contributed by atoms with E-state index in [1.54, 1.807) is 6.20 Å². The minimum absolute atomic E-state index is 0.0216. The molecule has 0 aliphatic carbocycles. The topological polar surface area (TPSA) is 92.3 Å². The van der Waals surface area contributed by atoms with Gasteiger partial charge in [-0.15, -0.1) is 0 Å². The van der Waals surface area contributed by atoms with Crippen LogP contribution in [0.3, 0.4) is 0 Å². The first kappa shape index (κ1) is 13.2. The van der Waals surface area contributed by atoms with Gasteiger partial charge in [0.05, 0.1) is 16.5 Å². The van der Waals surface area contributed by atoms with Gasteiger partial charge in [0.25, 0.3) is 0 Å². The van der Waals surface area contributed by atoms with Gasteiger partial charge in [-0.3, -0.25) is 4.79 Å². The summed E-state index contributed by atoms with van der Waals surface area (Å²) >= 11 is 3.38. The predicted molar refractivity (Wildman–Crippen MR) is 69.9 cm³/mol. The third-order valence-electron chi connectivity index (χ3n) is 3.01. The van der Waals surface area contributed by atoms with Crippen molar-refractivity contribution in [1.29, 1.82) is 0 Å². The summed E-state index contributed by atoms with van der Waals surface area (Å²) in [5, 5.41) is 10.4. The Morgan fingerprint density at radius 3 is 3.11 bits per heavy atom. The SMILES string of the molecule is NC(=O)CC1(O)CCCN(c2ncncc2Br)C1. The number of hydrogen-bond donors (Lipinski definition) is 2. The van der Waals surface area contributed by atoms with Gasteiger partial charge in [0, 0.05) is 19.3 Å². The van der Waals surface area contributed by atoms with Crippen LogP contribution in [0.2, 0.25) is 0 Å². The molecule has 2 rings (SSSR count). The summed E-state index contributed by atoms with van der Waals surface area (Å²) in [4.78, 5) is 21.0. The Labute approximate surface area is 113 Å². The van der Waals surface area contributed by atoms with Gasteiger partial charge in [0.15, 0.2) is 0 Å². The second kappa shape index (κ2) is 5.19. The maximum atomic E-state index is 11.0. The van der Waals surface area contributed by atoms with Crippen molar-refractivity contribution in [1.82, 2.24) is 9.97 Å². The number of β-amino-alcohol motifs (C(OH)–C–C–N with tert-alkyl or cyclic N) is 1. The molecule has 1 amide bonds. The van der Waals surface area contributed by atoms with Crippen LogP contribution in [-0.2, 0) is 4.79 Å². The highest BCUT2D eigenvalue weighted by atomic mass is 79.9. The predicted octanol–water partition coefficient (Wildman–Crippen LogP) is 0.446. The molecule has 1 atom stereocenters. The van der Waals surface area contributed by atoms with Gasteiger partial charge in [-0.25, -0.2) is 9.97 Å². The molecule has 0 aromatic carbocycles. The quantitative estimate of drug-likeness (QED) is 0.845. The third kappa shape index (κ3) is 2.97. The lowest BCUT2D eigenvalue weighted by Crippen LogP contribution is -2.50. The van der Waals surface area contributed by atoms with Crippen LogP contribution in [0.25, 0.3) is 0 Å². The molecule has 0 radical (unpaired) electrons. The second-order valence-electron chi connectivity index (χ2n) is 4.59. The van der Waals surface area contributed by atoms with Crippen molar-refractivity contribution in [3.8, 4) is 0 Å². The summed E-state index contributed by atoms with van der Waals surface area (Å²) in [7, 11) is 0. The lowest BCUT2D eigenvalue weighted by molar-refractivity contribution is -0.123. The zero-order chi connectivity index (χ0) is 13.2. The number of primary amides is 1. The summed E-state index contributed by atoms with van der Waals surface area (Å²) in [5.74, 6) is 0.244. The van der Waals surface area contributed by atoms with Crippen molar-refractivity contribution >= 4 is 27.7 Å². The molecule has 18 heavy (non-hydrogen) atoms. The fourth-order valence-corrected chi connectivity index (χ4v) is 2.77. The lowest BCUT2D eigenvalue weighted by atomic mass is 9.89. The zero-order valence-corrected chi connectivity index (χ0v) is 11.4. The molecule has 1 unspecified atom stereocenters. The maximum Gasteiger partial charge on any atom is 0.220 e. The second-order valence-corrected chi connectivity index (χ2v) is 5.44. The van der Waals surface area contributed by atoms with Crippen molar-refractivity contribution in [3.63, 3.8) is 0 Å². The van der Waals surface area contributed by atoms with Crippen molar-refractivity contribution in [2.24, 2.45) is 5.73 Å². The first-order valence-corrected chi connectivity index (χ1v) is 6.51. The molecule has 0 bridgehead atoms. The molecular formula is C11H15BrN4O2. The lowest BCUT2D eigenvalue weighted by Gasteiger charge is -2.39. The number of nitrogens with zero attached hydrogens (tertiary/aromatic N) is 3. The van der Waals surface area contributed by atoms with E-state index in [0.717, 1.165) is 23.3 Å². The van der Waals surface area contributed by atoms with Crippen LogP contribution in [-0.4, -0.2) is 39.7 Å². The highest BCUT2D eigenvalue weighted by Gasteiger charge is 2.35. The molecule has 2 heterocycles. The van der Waals surface area contributed by atoms with E-state index >= 15 is 0 Å². The molecule has 1 aromatic heterocycles. The highest BCUT2D eigenvalue weighted by Crippen LogP contribution is 2.30. The van der Waals surface area contributed by atoms with Crippen LogP contribution in [0.4, 0.5) is 5.82 Å². The van der Waals surface area contributed by atoms with Gasteiger partial charge >= 0.3 is 0 Å². The summed E-state index contributed by atoms with van der Waals surface area (Å²) in [5.41, 5.74) is 4.11. The van der Waals surface area contributed by atoms with Crippen LogP contribution in [0, 0.1) is 0 Å². The van der Waals surface area contributed by atoms with Gasteiger partial charge in [0.1, 0.15) is 12.1 Å². The summed E-state index contributed by atoms with van der Waals surface area (Å²) in [6, 6.07) is 0. The molecule has 0 spiro atoms. The number of halogens is 1. The number of piperidine rings is 1. The minimum Gasteiger partial charge on any atom is -0.388 e. The monoisotopic (exact) mass is 314 g/mol. The number of rotatable bonds is 3. The first-order chi connectivity index (χ1) is 8.50. The fourth-order valence-electron chi connectivity index (χ4n) is 2.30. The van der Waals surface area contributed by atoms with Gasteiger partial charge in [-0.2, -0.15) is 0 Å². The van der Waals surface area contributed by atoms with E-state index < -0.39 is 11.5 Å². The van der Waals surface area contributed by atoms with Gasteiger partial charge in [0.2, 0.25) is 5.91 Å². The maximum absolute atomic E-state index is 11.0. The molecule has 1 fully saturated rings. The van der Waals surface area contributed by atoms with E-state index in [9.17, 15) is 9.90 Å². The molecule has 1 saturated heterocycles. The minimum atomic E-state index is -1.06. The number of carbonyl (C=O) groups is 1. The van der Waals surface area contributed by atoms with Gasteiger partial charge in [-0.05, 0) is 28.8 Å². The average Bonchev–Trinajstić information content (AvgIpc) is 2.27. The Balaban J connectivity index is 2.16. The van der Waals surface area contributed by atoms with Crippen molar-refractivity contribution in [2.75, 3.05) is 18.0 Å². The molecule has 3 N–H and O–H groups in total. The number of nitrogens with two attached hydrogens (primary N) is 1. The molecule has 1 aliphatic heterocycles. The first-order valence-electron chi connectivity index (χ1n) is 5.71.